The first kappa shape index (κ1) is 18.4. The van der Waals surface area contributed by atoms with E-state index in [0.717, 1.165) is 30.3 Å². The predicted octanol–water partition coefficient (Wildman–Crippen LogP) is 3.16. The molecule has 0 aliphatic rings. The van der Waals surface area contributed by atoms with Crippen LogP contribution in [0.2, 0.25) is 0 Å². The van der Waals surface area contributed by atoms with Crippen molar-refractivity contribution in [1.82, 2.24) is 10.6 Å². The van der Waals surface area contributed by atoms with Gasteiger partial charge in [-0.1, -0.05) is 56.7 Å². The number of aliphatic hydroxyl groups excluding tert-OH is 1. The Morgan fingerprint density at radius 3 is 2.50 bits per heavy atom. The summed E-state index contributed by atoms with van der Waals surface area (Å²) in [6.45, 7) is 6.70. The molecule has 2 aromatic rings. The molecule has 4 heteroatoms. The molecule has 0 heterocycles. The van der Waals surface area contributed by atoms with Crippen LogP contribution >= 0.6 is 0 Å². The fourth-order valence-corrected chi connectivity index (χ4v) is 2.99. The van der Waals surface area contributed by atoms with Crippen molar-refractivity contribution in [3.05, 3.63) is 48.0 Å². The maximum atomic E-state index is 12.4. The van der Waals surface area contributed by atoms with Gasteiger partial charge in [-0.15, -0.1) is 0 Å². The van der Waals surface area contributed by atoms with Gasteiger partial charge in [0.2, 0.25) is 0 Å². The number of amides is 1. The van der Waals surface area contributed by atoms with E-state index in [0.29, 0.717) is 0 Å². The summed E-state index contributed by atoms with van der Waals surface area (Å²) < 4.78 is 0. The molecule has 0 fully saturated rings. The molecule has 0 bridgehead atoms. The normalized spacial score (nSPS) is 15.0. The zero-order valence-electron chi connectivity index (χ0n) is 14.8. The number of fused-ring (bicyclic) bond motifs is 1. The van der Waals surface area contributed by atoms with Gasteiger partial charge >= 0.3 is 0 Å². The van der Waals surface area contributed by atoms with Crippen molar-refractivity contribution < 1.29 is 9.90 Å². The fourth-order valence-electron chi connectivity index (χ4n) is 2.99. The molecule has 3 N–H and O–H groups in total. The number of rotatable bonds is 8. The largest absolute Gasteiger partial charge is 0.382 e. The molecule has 0 aliphatic heterocycles. The van der Waals surface area contributed by atoms with Crippen LogP contribution in [0.25, 0.3) is 10.8 Å². The van der Waals surface area contributed by atoms with Gasteiger partial charge in [0.05, 0.1) is 6.04 Å². The Balaban J connectivity index is 2.06. The Labute approximate surface area is 144 Å². The van der Waals surface area contributed by atoms with Crippen LogP contribution in [-0.4, -0.2) is 29.7 Å². The summed E-state index contributed by atoms with van der Waals surface area (Å²) in [5.41, 5.74) is 1.03. The van der Waals surface area contributed by atoms with Gasteiger partial charge in [-0.2, -0.15) is 0 Å². The smallest absolute Gasteiger partial charge is 0.250 e. The summed E-state index contributed by atoms with van der Waals surface area (Å²) in [5.74, 6) is -0.324. The Morgan fingerprint density at radius 2 is 1.83 bits per heavy atom. The highest BCUT2D eigenvalue weighted by atomic mass is 16.3. The number of carbonyl (C=O) groups excluding carboxylic acids is 1. The Kier molecular flexibility index (Phi) is 6.76. The van der Waals surface area contributed by atoms with Crippen molar-refractivity contribution in [3.8, 4) is 0 Å². The van der Waals surface area contributed by atoms with Crippen LogP contribution in [0.15, 0.2) is 42.5 Å². The molecule has 0 saturated heterocycles. The van der Waals surface area contributed by atoms with E-state index in [1.165, 1.54) is 5.39 Å². The van der Waals surface area contributed by atoms with Crippen molar-refractivity contribution in [3.63, 3.8) is 0 Å². The zero-order valence-corrected chi connectivity index (χ0v) is 14.8. The van der Waals surface area contributed by atoms with E-state index in [1.54, 1.807) is 0 Å². The van der Waals surface area contributed by atoms with Gasteiger partial charge < -0.3 is 15.7 Å². The highest BCUT2D eigenvalue weighted by molar-refractivity contribution is 5.84. The molecule has 0 aliphatic carbocycles. The van der Waals surface area contributed by atoms with Gasteiger partial charge in [-0.3, -0.25) is 4.79 Å². The third-order valence-electron chi connectivity index (χ3n) is 4.35. The third kappa shape index (κ3) is 4.56. The van der Waals surface area contributed by atoms with Gasteiger partial charge in [0, 0.05) is 6.04 Å². The van der Waals surface area contributed by atoms with Crippen molar-refractivity contribution in [2.24, 2.45) is 0 Å². The molecule has 4 nitrogen and oxygen atoms in total. The average molecular weight is 328 g/mol. The summed E-state index contributed by atoms with van der Waals surface area (Å²) >= 11 is 0. The molecular weight excluding hydrogens is 300 g/mol. The number of benzene rings is 2. The lowest BCUT2D eigenvalue weighted by Gasteiger charge is -2.24. The van der Waals surface area contributed by atoms with Crippen LogP contribution < -0.4 is 10.6 Å². The molecule has 1 amide bonds. The van der Waals surface area contributed by atoms with Gasteiger partial charge in [0.25, 0.3) is 5.91 Å². The van der Waals surface area contributed by atoms with Crippen molar-refractivity contribution >= 4 is 16.7 Å². The average Bonchev–Trinajstić information content (AvgIpc) is 2.60. The van der Waals surface area contributed by atoms with E-state index in [9.17, 15) is 9.90 Å². The number of likely N-dealkylation sites (N-methyl/N-ethyl adjacent to an activating group) is 1. The molecule has 0 aromatic heterocycles. The number of hydrogen-bond acceptors (Lipinski definition) is 3. The first-order valence-corrected chi connectivity index (χ1v) is 8.77. The fraction of sp³-hybridized carbons (Fsp3) is 0.450. The van der Waals surface area contributed by atoms with E-state index in [4.69, 9.17) is 0 Å². The maximum Gasteiger partial charge on any atom is 0.250 e. The molecule has 24 heavy (non-hydrogen) atoms. The molecule has 3 atom stereocenters. The second kappa shape index (κ2) is 8.81. The topological polar surface area (TPSA) is 61.4 Å². The molecule has 0 radical (unpaired) electrons. The molecule has 0 saturated carbocycles. The van der Waals surface area contributed by atoms with Crippen LogP contribution in [0.3, 0.4) is 0 Å². The monoisotopic (exact) mass is 328 g/mol. The molecule has 3 unspecified atom stereocenters. The number of carbonyl (C=O) groups is 1. The molecule has 2 rings (SSSR count). The summed E-state index contributed by atoms with van der Waals surface area (Å²) in [7, 11) is 0. The summed E-state index contributed by atoms with van der Waals surface area (Å²) in [5, 5.41) is 18.8. The van der Waals surface area contributed by atoms with Crippen LogP contribution in [-0.2, 0) is 4.79 Å². The summed E-state index contributed by atoms with van der Waals surface area (Å²) in [6.07, 6.45) is 0.655. The van der Waals surface area contributed by atoms with E-state index in [-0.39, 0.29) is 18.0 Å². The number of nitrogens with one attached hydrogen (secondary N) is 2. The standard InChI is InChI=1S/C20H28N2O2/c1-4-8-18(21-5-2)19(23)20(24)22-14(3)16-12-11-15-9-6-7-10-17(15)13-16/h6-7,9-14,18-19,21,23H,4-5,8H2,1-3H3,(H,22,24). The van der Waals surface area contributed by atoms with Crippen LogP contribution in [0.5, 0.6) is 0 Å². The van der Waals surface area contributed by atoms with Crippen LogP contribution in [0.4, 0.5) is 0 Å². The summed E-state index contributed by atoms with van der Waals surface area (Å²) in [4.78, 5) is 12.4. The van der Waals surface area contributed by atoms with Gasteiger partial charge in [-0.25, -0.2) is 0 Å². The minimum absolute atomic E-state index is 0.152. The van der Waals surface area contributed by atoms with E-state index < -0.39 is 6.10 Å². The Morgan fingerprint density at radius 1 is 1.12 bits per heavy atom. The van der Waals surface area contributed by atoms with Crippen molar-refractivity contribution in [1.29, 1.82) is 0 Å². The summed E-state index contributed by atoms with van der Waals surface area (Å²) in [6, 6.07) is 14.0. The van der Waals surface area contributed by atoms with Crippen LogP contribution in [0.1, 0.15) is 45.2 Å². The zero-order chi connectivity index (χ0) is 17.5. The highest BCUT2D eigenvalue weighted by Crippen LogP contribution is 2.20. The molecule has 2 aromatic carbocycles. The SMILES string of the molecule is CCCC(NCC)C(O)C(=O)NC(C)c1ccc2ccccc2c1. The Bertz CT molecular complexity index is 665. The Hall–Kier alpha value is -1.91. The minimum Gasteiger partial charge on any atom is -0.382 e. The quantitative estimate of drug-likeness (QED) is 0.697. The first-order chi connectivity index (χ1) is 11.6. The van der Waals surface area contributed by atoms with Gasteiger partial charge in [-0.05, 0) is 42.3 Å². The number of hydrogen-bond donors (Lipinski definition) is 3. The lowest BCUT2D eigenvalue weighted by molar-refractivity contribution is -0.131. The van der Waals surface area contributed by atoms with E-state index in [1.807, 2.05) is 39.0 Å². The van der Waals surface area contributed by atoms with E-state index in [2.05, 4.69) is 34.9 Å². The lowest BCUT2D eigenvalue weighted by Crippen LogP contribution is -2.49. The lowest BCUT2D eigenvalue weighted by atomic mass is 10.0. The number of aliphatic hydroxyl groups is 1. The molecular formula is C20H28N2O2. The maximum absolute atomic E-state index is 12.4. The van der Waals surface area contributed by atoms with Crippen LogP contribution in [0, 0.1) is 0 Å². The van der Waals surface area contributed by atoms with Crippen molar-refractivity contribution in [2.75, 3.05) is 6.54 Å². The second-order valence-corrected chi connectivity index (χ2v) is 6.23. The minimum atomic E-state index is -1.03. The highest BCUT2D eigenvalue weighted by Gasteiger charge is 2.25. The third-order valence-corrected chi connectivity index (χ3v) is 4.35. The molecule has 130 valence electrons. The van der Waals surface area contributed by atoms with Gasteiger partial charge in [0.1, 0.15) is 6.10 Å². The predicted molar refractivity (Wildman–Crippen MR) is 98.9 cm³/mol. The first-order valence-electron chi connectivity index (χ1n) is 8.77. The van der Waals surface area contributed by atoms with Gasteiger partial charge in [0.15, 0.2) is 0 Å². The van der Waals surface area contributed by atoms with Crippen molar-refractivity contribution in [2.45, 2.75) is 51.8 Å². The second-order valence-electron chi connectivity index (χ2n) is 6.23. The molecule has 0 spiro atoms. The van der Waals surface area contributed by atoms with E-state index >= 15 is 0 Å².